The van der Waals surface area contributed by atoms with Gasteiger partial charge in [0.05, 0.1) is 10.5 Å². The highest BCUT2D eigenvalue weighted by molar-refractivity contribution is 5.70. The number of anilines is 2. The van der Waals surface area contributed by atoms with Gasteiger partial charge in [0.1, 0.15) is 5.60 Å². The van der Waals surface area contributed by atoms with Crippen molar-refractivity contribution in [2.75, 3.05) is 5.32 Å². The molecule has 1 fully saturated rings. The lowest BCUT2D eigenvalue weighted by Gasteiger charge is -2.43. The molecule has 1 saturated carbocycles. The molecule has 2 N–H and O–H groups in total. The maximum atomic E-state index is 12.2. The van der Waals surface area contributed by atoms with Crippen molar-refractivity contribution < 1.29 is 14.5 Å². The largest absolute Gasteiger partial charge is 0.444 e. The SMILES string of the molecule is CC(C)(C)OC(=O)NC1(c2ccc(Nc3ncccc3[N+](=O)[O-])cc2)CCC1. The predicted octanol–water partition coefficient (Wildman–Crippen LogP) is 4.64. The van der Waals surface area contributed by atoms with Gasteiger partial charge in [0.15, 0.2) is 0 Å². The molecule has 1 aromatic heterocycles. The number of nitro groups is 1. The Hall–Kier alpha value is -3.16. The van der Waals surface area contributed by atoms with Crippen molar-refractivity contribution in [2.24, 2.45) is 0 Å². The van der Waals surface area contributed by atoms with Crippen LogP contribution in [-0.2, 0) is 10.3 Å². The van der Waals surface area contributed by atoms with E-state index in [4.69, 9.17) is 4.74 Å². The Morgan fingerprint density at radius 3 is 2.43 bits per heavy atom. The Bertz CT molecular complexity index is 871. The van der Waals surface area contributed by atoms with Crippen LogP contribution >= 0.6 is 0 Å². The highest BCUT2D eigenvalue weighted by Gasteiger charge is 2.41. The molecule has 8 nitrogen and oxygen atoms in total. The summed E-state index contributed by atoms with van der Waals surface area (Å²) in [5, 5.41) is 17.1. The number of hydrogen-bond donors (Lipinski definition) is 2. The fourth-order valence-electron chi connectivity index (χ4n) is 3.16. The summed E-state index contributed by atoms with van der Waals surface area (Å²) < 4.78 is 5.39. The van der Waals surface area contributed by atoms with E-state index in [1.807, 2.05) is 45.0 Å². The quantitative estimate of drug-likeness (QED) is 0.575. The molecule has 1 amide bonds. The maximum absolute atomic E-state index is 12.2. The lowest BCUT2D eigenvalue weighted by Crippen LogP contribution is -2.52. The zero-order chi connectivity index (χ0) is 20.4. The van der Waals surface area contributed by atoms with Gasteiger partial charge in [0.25, 0.3) is 0 Å². The molecule has 8 heteroatoms. The third-order valence-corrected chi connectivity index (χ3v) is 4.63. The van der Waals surface area contributed by atoms with Crippen LogP contribution in [0.3, 0.4) is 0 Å². The minimum absolute atomic E-state index is 0.0892. The van der Waals surface area contributed by atoms with E-state index in [-0.39, 0.29) is 11.5 Å². The third kappa shape index (κ3) is 4.39. The number of pyridine rings is 1. The molecule has 2 aromatic rings. The molecular formula is C20H24N4O4. The van der Waals surface area contributed by atoms with E-state index in [9.17, 15) is 14.9 Å². The number of carbonyl (C=O) groups is 1. The smallest absolute Gasteiger partial charge is 0.408 e. The van der Waals surface area contributed by atoms with Crippen LogP contribution in [0.15, 0.2) is 42.6 Å². The minimum atomic E-state index is -0.555. The lowest BCUT2D eigenvalue weighted by atomic mass is 9.72. The molecule has 0 radical (unpaired) electrons. The zero-order valence-electron chi connectivity index (χ0n) is 16.2. The van der Waals surface area contributed by atoms with Crippen LogP contribution in [0.1, 0.15) is 45.6 Å². The third-order valence-electron chi connectivity index (χ3n) is 4.63. The molecule has 1 aliphatic rings. The van der Waals surface area contributed by atoms with Crippen molar-refractivity contribution in [1.82, 2.24) is 10.3 Å². The summed E-state index contributed by atoms with van der Waals surface area (Å²) in [7, 11) is 0. The summed E-state index contributed by atoms with van der Waals surface area (Å²) in [5.74, 6) is 0.186. The van der Waals surface area contributed by atoms with Crippen molar-refractivity contribution in [3.8, 4) is 0 Å². The van der Waals surface area contributed by atoms with Gasteiger partial charge in [-0.05, 0) is 63.8 Å². The summed E-state index contributed by atoms with van der Waals surface area (Å²) in [5.41, 5.74) is 0.578. The van der Waals surface area contributed by atoms with E-state index in [0.717, 1.165) is 24.8 Å². The van der Waals surface area contributed by atoms with Crippen molar-refractivity contribution in [1.29, 1.82) is 0 Å². The number of ether oxygens (including phenoxy) is 1. The number of benzene rings is 1. The number of alkyl carbamates (subject to hydrolysis) is 1. The Labute approximate surface area is 163 Å². The number of hydrogen-bond acceptors (Lipinski definition) is 6. The molecule has 1 aliphatic carbocycles. The Kier molecular flexibility index (Phi) is 5.22. The summed E-state index contributed by atoms with van der Waals surface area (Å²) >= 11 is 0. The van der Waals surface area contributed by atoms with E-state index in [1.165, 1.54) is 18.3 Å². The second kappa shape index (κ2) is 7.46. The molecule has 0 saturated heterocycles. The van der Waals surface area contributed by atoms with Crippen LogP contribution in [0.25, 0.3) is 0 Å². The van der Waals surface area contributed by atoms with Crippen molar-refractivity contribution in [3.05, 3.63) is 58.3 Å². The van der Waals surface area contributed by atoms with Crippen LogP contribution < -0.4 is 10.6 Å². The summed E-state index contributed by atoms with van der Waals surface area (Å²) in [6.45, 7) is 5.49. The van der Waals surface area contributed by atoms with Crippen molar-refractivity contribution >= 4 is 23.3 Å². The molecule has 148 valence electrons. The van der Waals surface area contributed by atoms with E-state index in [1.54, 1.807) is 0 Å². The molecular weight excluding hydrogens is 360 g/mol. The minimum Gasteiger partial charge on any atom is -0.444 e. The van der Waals surface area contributed by atoms with Crippen LogP contribution in [0.5, 0.6) is 0 Å². The number of aromatic nitrogens is 1. The first kappa shape index (κ1) is 19.6. The monoisotopic (exact) mass is 384 g/mol. The van der Waals surface area contributed by atoms with Crippen molar-refractivity contribution in [2.45, 2.75) is 51.2 Å². The van der Waals surface area contributed by atoms with Gasteiger partial charge in [-0.1, -0.05) is 12.1 Å². The molecule has 1 aromatic carbocycles. The van der Waals surface area contributed by atoms with Crippen LogP contribution in [0.2, 0.25) is 0 Å². The molecule has 3 rings (SSSR count). The van der Waals surface area contributed by atoms with Crippen LogP contribution in [0.4, 0.5) is 22.0 Å². The summed E-state index contributed by atoms with van der Waals surface area (Å²) in [6, 6.07) is 10.4. The average molecular weight is 384 g/mol. The average Bonchev–Trinajstić information content (AvgIpc) is 2.58. The standard InChI is InChI=1S/C20H24N4O4/c1-19(2,3)28-18(25)23-20(11-5-12-20)14-7-9-15(10-8-14)22-17-16(24(26)27)6-4-13-21-17/h4,6-10,13H,5,11-12H2,1-3H3,(H,21,22)(H,23,25). The normalized spacial score (nSPS) is 15.2. The zero-order valence-corrected chi connectivity index (χ0v) is 16.2. The number of amides is 1. The number of carbonyl (C=O) groups excluding carboxylic acids is 1. The van der Waals surface area contributed by atoms with E-state index >= 15 is 0 Å². The van der Waals surface area contributed by atoms with Gasteiger partial charge in [-0.15, -0.1) is 0 Å². The highest BCUT2D eigenvalue weighted by Crippen LogP contribution is 2.42. The molecule has 28 heavy (non-hydrogen) atoms. The summed E-state index contributed by atoms with van der Waals surface area (Å²) in [4.78, 5) is 26.9. The highest BCUT2D eigenvalue weighted by atomic mass is 16.6. The van der Waals surface area contributed by atoms with Gasteiger partial charge in [0, 0.05) is 18.0 Å². The second-order valence-corrected chi connectivity index (χ2v) is 7.89. The lowest BCUT2D eigenvalue weighted by molar-refractivity contribution is -0.384. The molecule has 0 aliphatic heterocycles. The van der Waals surface area contributed by atoms with Crippen molar-refractivity contribution in [3.63, 3.8) is 0 Å². The van der Waals surface area contributed by atoms with Gasteiger partial charge >= 0.3 is 11.8 Å². The predicted molar refractivity (Wildman–Crippen MR) is 106 cm³/mol. The van der Waals surface area contributed by atoms with Gasteiger partial charge in [-0.25, -0.2) is 9.78 Å². The summed E-state index contributed by atoms with van der Waals surface area (Å²) in [6.07, 6.45) is 3.77. The first-order chi connectivity index (χ1) is 13.2. The van der Waals surface area contributed by atoms with E-state index in [2.05, 4.69) is 15.6 Å². The van der Waals surface area contributed by atoms with E-state index < -0.39 is 22.2 Å². The van der Waals surface area contributed by atoms with Gasteiger partial charge in [-0.2, -0.15) is 0 Å². The number of nitrogens with zero attached hydrogens (tertiary/aromatic N) is 2. The van der Waals surface area contributed by atoms with Crippen LogP contribution in [-0.4, -0.2) is 21.6 Å². The van der Waals surface area contributed by atoms with Gasteiger partial charge in [0.2, 0.25) is 5.82 Å². The van der Waals surface area contributed by atoms with Gasteiger partial charge in [-0.3, -0.25) is 10.1 Å². The molecule has 0 bridgehead atoms. The molecule has 0 spiro atoms. The Morgan fingerprint density at radius 1 is 1.21 bits per heavy atom. The topological polar surface area (TPSA) is 106 Å². The second-order valence-electron chi connectivity index (χ2n) is 7.89. The Balaban J connectivity index is 1.75. The fraction of sp³-hybridized carbons (Fsp3) is 0.400. The fourth-order valence-corrected chi connectivity index (χ4v) is 3.16. The number of nitrogens with one attached hydrogen (secondary N) is 2. The molecule has 0 unspecified atom stereocenters. The van der Waals surface area contributed by atoms with Gasteiger partial charge < -0.3 is 15.4 Å². The molecule has 1 heterocycles. The first-order valence-electron chi connectivity index (χ1n) is 9.17. The molecule has 0 atom stereocenters. The van der Waals surface area contributed by atoms with Crippen LogP contribution in [0, 0.1) is 10.1 Å². The Morgan fingerprint density at radius 2 is 1.89 bits per heavy atom. The number of rotatable bonds is 5. The first-order valence-corrected chi connectivity index (χ1v) is 9.17. The van der Waals surface area contributed by atoms with E-state index in [0.29, 0.717) is 5.69 Å². The maximum Gasteiger partial charge on any atom is 0.408 e.